The van der Waals surface area contributed by atoms with E-state index in [0.717, 1.165) is 6.54 Å². The van der Waals surface area contributed by atoms with Crippen molar-refractivity contribution in [1.82, 2.24) is 9.88 Å². The highest BCUT2D eigenvalue weighted by Gasteiger charge is 2.22. The molecule has 1 aliphatic rings. The molecule has 2 rings (SSSR count). The maximum atomic E-state index is 12.0. The Balaban J connectivity index is 1.97. The van der Waals surface area contributed by atoms with Gasteiger partial charge in [-0.15, -0.1) is 0 Å². The van der Waals surface area contributed by atoms with Crippen LogP contribution < -0.4 is 5.73 Å². The van der Waals surface area contributed by atoms with Gasteiger partial charge >= 0.3 is 0 Å². The standard InChI is InChI=1S/C12H17N3O/c1-15(8-9-3-2-4-9)12(16)11-6-5-10(13)7-14-11/h5-7,9H,2-4,8,13H2,1H3. The molecule has 0 atom stereocenters. The number of nitrogen functional groups attached to an aromatic ring is 1. The predicted molar refractivity (Wildman–Crippen MR) is 63.0 cm³/mol. The Morgan fingerprint density at radius 3 is 2.81 bits per heavy atom. The number of hydrogen-bond acceptors (Lipinski definition) is 3. The van der Waals surface area contributed by atoms with Crippen molar-refractivity contribution in [3.63, 3.8) is 0 Å². The summed E-state index contributed by atoms with van der Waals surface area (Å²) in [5.41, 5.74) is 6.58. The van der Waals surface area contributed by atoms with Crippen molar-refractivity contribution in [2.45, 2.75) is 19.3 Å². The second-order valence-corrected chi connectivity index (χ2v) is 4.46. The van der Waals surface area contributed by atoms with Crippen molar-refractivity contribution >= 4 is 11.6 Å². The summed E-state index contributed by atoms with van der Waals surface area (Å²) < 4.78 is 0. The van der Waals surface area contributed by atoms with E-state index in [-0.39, 0.29) is 5.91 Å². The number of carbonyl (C=O) groups is 1. The lowest BCUT2D eigenvalue weighted by Crippen LogP contribution is -2.34. The van der Waals surface area contributed by atoms with E-state index in [1.54, 1.807) is 17.0 Å². The normalized spacial score (nSPS) is 15.6. The molecule has 1 aromatic rings. The first-order valence-corrected chi connectivity index (χ1v) is 5.64. The van der Waals surface area contributed by atoms with Gasteiger partial charge in [0, 0.05) is 13.6 Å². The van der Waals surface area contributed by atoms with E-state index in [0.29, 0.717) is 17.3 Å². The average molecular weight is 219 g/mol. The molecule has 86 valence electrons. The van der Waals surface area contributed by atoms with Gasteiger partial charge in [0.2, 0.25) is 0 Å². The third kappa shape index (κ3) is 2.32. The number of nitrogens with two attached hydrogens (primary N) is 1. The monoisotopic (exact) mass is 219 g/mol. The summed E-state index contributed by atoms with van der Waals surface area (Å²) >= 11 is 0. The molecule has 2 N–H and O–H groups in total. The summed E-state index contributed by atoms with van der Waals surface area (Å²) in [7, 11) is 1.83. The Labute approximate surface area is 95.5 Å². The summed E-state index contributed by atoms with van der Waals surface area (Å²) in [4.78, 5) is 17.7. The van der Waals surface area contributed by atoms with Crippen LogP contribution in [0.4, 0.5) is 5.69 Å². The van der Waals surface area contributed by atoms with Gasteiger partial charge in [-0.3, -0.25) is 4.79 Å². The van der Waals surface area contributed by atoms with Gasteiger partial charge in [-0.05, 0) is 30.9 Å². The molecule has 1 fully saturated rings. The minimum absolute atomic E-state index is 0.0214. The van der Waals surface area contributed by atoms with Gasteiger partial charge in [0.25, 0.3) is 5.91 Å². The maximum Gasteiger partial charge on any atom is 0.272 e. The number of nitrogens with zero attached hydrogens (tertiary/aromatic N) is 2. The molecule has 1 aromatic heterocycles. The molecular formula is C12H17N3O. The van der Waals surface area contributed by atoms with Gasteiger partial charge in [-0.25, -0.2) is 4.98 Å². The van der Waals surface area contributed by atoms with E-state index in [2.05, 4.69) is 4.98 Å². The highest BCUT2D eigenvalue weighted by Crippen LogP contribution is 2.26. The molecule has 1 aliphatic carbocycles. The van der Waals surface area contributed by atoms with E-state index in [1.165, 1.54) is 25.5 Å². The van der Waals surface area contributed by atoms with Gasteiger partial charge in [0.1, 0.15) is 5.69 Å². The Morgan fingerprint density at radius 2 is 2.31 bits per heavy atom. The molecule has 0 saturated heterocycles. The van der Waals surface area contributed by atoms with Crippen molar-refractivity contribution in [2.75, 3.05) is 19.3 Å². The van der Waals surface area contributed by atoms with Gasteiger partial charge in [-0.2, -0.15) is 0 Å². The van der Waals surface area contributed by atoms with Crippen molar-refractivity contribution < 1.29 is 4.79 Å². The van der Waals surface area contributed by atoms with Gasteiger partial charge in [-0.1, -0.05) is 6.42 Å². The van der Waals surface area contributed by atoms with Crippen LogP contribution in [0.3, 0.4) is 0 Å². The van der Waals surface area contributed by atoms with Crippen LogP contribution in [-0.2, 0) is 0 Å². The van der Waals surface area contributed by atoms with E-state index in [1.807, 2.05) is 7.05 Å². The summed E-state index contributed by atoms with van der Waals surface area (Å²) in [6, 6.07) is 3.38. The number of rotatable bonds is 3. The Kier molecular flexibility index (Phi) is 3.08. The summed E-state index contributed by atoms with van der Waals surface area (Å²) in [6.07, 6.45) is 5.30. The lowest BCUT2D eigenvalue weighted by molar-refractivity contribution is 0.0739. The van der Waals surface area contributed by atoms with Gasteiger partial charge in [0.15, 0.2) is 0 Å². The minimum atomic E-state index is -0.0214. The van der Waals surface area contributed by atoms with E-state index >= 15 is 0 Å². The Bertz CT molecular complexity index is 370. The predicted octanol–water partition coefficient (Wildman–Crippen LogP) is 1.54. The largest absolute Gasteiger partial charge is 0.397 e. The third-order valence-electron chi connectivity index (χ3n) is 3.11. The molecule has 0 bridgehead atoms. The minimum Gasteiger partial charge on any atom is -0.397 e. The molecule has 1 heterocycles. The zero-order valence-electron chi connectivity index (χ0n) is 9.52. The summed E-state index contributed by atoms with van der Waals surface area (Å²) in [5, 5.41) is 0. The lowest BCUT2D eigenvalue weighted by Gasteiger charge is -2.29. The molecule has 0 radical (unpaired) electrons. The van der Waals surface area contributed by atoms with Crippen LogP contribution in [0.15, 0.2) is 18.3 Å². The molecular weight excluding hydrogens is 202 g/mol. The first-order chi connectivity index (χ1) is 7.66. The molecule has 4 heteroatoms. The zero-order valence-corrected chi connectivity index (χ0v) is 9.52. The van der Waals surface area contributed by atoms with Crippen LogP contribution in [0, 0.1) is 5.92 Å². The molecule has 0 aromatic carbocycles. The topological polar surface area (TPSA) is 59.2 Å². The fourth-order valence-electron chi connectivity index (χ4n) is 1.87. The summed E-state index contributed by atoms with van der Waals surface area (Å²) in [5.74, 6) is 0.662. The fraction of sp³-hybridized carbons (Fsp3) is 0.500. The number of aromatic nitrogens is 1. The Hall–Kier alpha value is -1.58. The second kappa shape index (κ2) is 4.51. The van der Waals surface area contributed by atoms with E-state index in [9.17, 15) is 4.79 Å². The fourth-order valence-corrected chi connectivity index (χ4v) is 1.87. The van der Waals surface area contributed by atoms with Crippen molar-refractivity contribution in [3.8, 4) is 0 Å². The highest BCUT2D eigenvalue weighted by atomic mass is 16.2. The van der Waals surface area contributed by atoms with E-state index in [4.69, 9.17) is 5.73 Å². The van der Waals surface area contributed by atoms with Crippen LogP contribution in [0.25, 0.3) is 0 Å². The van der Waals surface area contributed by atoms with Crippen molar-refractivity contribution in [2.24, 2.45) is 5.92 Å². The SMILES string of the molecule is CN(CC1CCC1)C(=O)c1ccc(N)cn1. The van der Waals surface area contributed by atoms with Crippen LogP contribution in [0.2, 0.25) is 0 Å². The quantitative estimate of drug-likeness (QED) is 0.838. The third-order valence-corrected chi connectivity index (χ3v) is 3.11. The molecule has 16 heavy (non-hydrogen) atoms. The molecule has 0 spiro atoms. The van der Waals surface area contributed by atoms with Crippen molar-refractivity contribution in [1.29, 1.82) is 0 Å². The van der Waals surface area contributed by atoms with Gasteiger partial charge in [0.05, 0.1) is 11.9 Å². The Morgan fingerprint density at radius 1 is 1.56 bits per heavy atom. The molecule has 0 unspecified atom stereocenters. The van der Waals surface area contributed by atoms with Crippen molar-refractivity contribution in [3.05, 3.63) is 24.0 Å². The lowest BCUT2D eigenvalue weighted by atomic mass is 9.85. The average Bonchev–Trinajstić information content (AvgIpc) is 2.23. The molecule has 4 nitrogen and oxygen atoms in total. The highest BCUT2D eigenvalue weighted by molar-refractivity contribution is 5.92. The van der Waals surface area contributed by atoms with Gasteiger partial charge < -0.3 is 10.6 Å². The number of amides is 1. The zero-order chi connectivity index (χ0) is 11.5. The smallest absolute Gasteiger partial charge is 0.272 e. The number of hydrogen-bond donors (Lipinski definition) is 1. The van der Waals surface area contributed by atoms with Crippen LogP contribution >= 0.6 is 0 Å². The maximum absolute atomic E-state index is 12.0. The number of carbonyl (C=O) groups excluding carboxylic acids is 1. The van der Waals surface area contributed by atoms with Crippen LogP contribution in [-0.4, -0.2) is 29.4 Å². The summed E-state index contributed by atoms with van der Waals surface area (Å²) in [6.45, 7) is 0.838. The second-order valence-electron chi connectivity index (χ2n) is 4.46. The van der Waals surface area contributed by atoms with E-state index < -0.39 is 0 Å². The first-order valence-electron chi connectivity index (χ1n) is 5.64. The molecule has 1 amide bonds. The van der Waals surface area contributed by atoms with Crippen LogP contribution in [0.1, 0.15) is 29.8 Å². The first kappa shape index (κ1) is 10.9. The molecule has 0 aliphatic heterocycles. The van der Waals surface area contributed by atoms with Crippen LogP contribution in [0.5, 0.6) is 0 Å². The number of pyridine rings is 1. The molecule has 1 saturated carbocycles. The number of anilines is 1.